The smallest absolute Gasteiger partial charge is 0.112 e. The van der Waals surface area contributed by atoms with Gasteiger partial charge in [-0.25, -0.2) is 4.99 Å². The third-order valence-electron chi connectivity index (χ3n) is 1.48. The van der Waals surface area contributed by atoms with Gasteiger partial charge in [-0.3, -0.25) is 0 Å². The van der Waals surface area contributed by atoms with E-state index >= 15 is 0 Å². The second kappa shape index (κ2) is 4.80. The highest BCUT2D eigenvalue weighted by Gasteiger charge is 2.05. The van der Waals surface area contributed by atoms with Crippen molar-refractivity contribution in [1.82, 2.24) is 0 Å². The van der Waals surface area contributed by atoms with Gasteiger partial charge in [-0.1, -0.05) is 29.3 Å². The van der Waals surface area contributed by atoms with E-state index in [0.29, 0.717) is 15.7 Å². The van der Waals surface area contributed by atoms with Gasteiger partial charge >= 0.3 is 0 Å². The molecule has 1 aromatic carbocycles. The first kappa shape index (κ1) is 12.3. The molecule has 1 rings (SSSR count). The second-order valence-corrected chi connectivity index (χ2v) is 4.88. The summed E-state index contributed by atoms with van der Waals surface area (Å²) in [4.78, 5) is 8.11. The normalized spacial score (nSPS) is 10.7. The van der Waals surface area contributed by atoms with Crippen LogP contribution in [-0.2, 0) is 0 Å². The van der Waals surface area contributed by atoms with Gasteiger partial charge in [0.05, 0.1) is 21.6 Å². The van der Waals surface area contributed by atoms with Crippen LogP contribution in [0.2, 0.25) is 10.0 Å². The molecule has 1 aromatic rings. The van der Waals surface area contributed by atoms with Gasteiger partial charge in [-0.15, -0.1) is 0 Å². The van der Waals surface area contributed by atoms with Crippen molar-refractivity contribution in [2.24, 2.45) is 9.98 Å². The Morgan fingerprint density at radius 2 is 1.67 bits per heavy atom. The number of nitrogens with zero attached hydrogens (tertiary/aromatic N) is 2. The van der Waals surface area contributed by atoms with Crippen molar-refractivity contribution in [2.45, 2.75) is 26.3 Å². The van der Waals surface area contributed by atoms with Gasteiger partial charge in [0, 0.05) is 0 Å². The molecule has 0 atom stereocenters. The van der Waals surface area contributed by atoms with Crippen LogP contribution in [-0.4, -0.2) is 11.5 Å². The van der Waals surface area contributed by atoms with Crippen LogP contribution >= 0.6 is 23.2 Å². The molecule has 0 saturated carbocycles. The third-order valence-corrected chi connectivity index (χ3v) is 2.09. The predicted octanol–water partition coefficient (Wildman–Crippen LogP) is 4.60. The molecule has 0 bridgehead atoms. The monoisotopic (exact) mass is 242 g/mol. The lowest BCUT2D eigenvalue weighted by Gasteiger charge is -2.07. The predicted molar refractivity (Wildman–Crippen MR) is 65.7 cm³/mol. The van der Waals surface area contributed by atoms with Gasteiger partial charge in [0.2, 0.25) is 0 Å². The molecule has 2 nitrogen and oxygen atoms in total. The highest BCUT2D eigenvalue weighted by atomic mass is 35.5. The van der Waals surface area contributed by atoms with E-state index in [1.165, 1.54) is 0 Å². The summed E-state index contributed by atoms with van der Waals surface area (Å²) in [6.07, 6.45) is 0. The van der Waals surface area contributed by atoms with Crippen LogP contribution in [0.1, 0.15) is 20.8 Å². The van der Waals surface area contributed by atoms with Crippen LogP contribution in [0, 0.1) is 0 Å². The van der Waals surface area contributed by atoms with Crippen molar-refractivity contribution in [1.29, 1.82) is 0 Å². The number of hydrogen-bond acceptors (Lipinski definition) is 2. The van der Waals surface area contributed by atoms with Crippen molar-refractivity contribution in [3.63, 3.8) is 0 Å². The number of aliphatic imine (C=N–C) groups is 2. The minimum absolute atomic E-state index is 0.197. The quantitative estimate of drug-likeness (QED) is 0.644. The first-order valence-corrected chi connectivity index (χ1v) is 5.27. The second-order valence-electron chi connectivity index (χ2n) is 4.06. The zero-order valence-corrected chi connectivity index (χ0v) is 10.4. The molecule has 0 aliphatic heterocycles. The molecule has 0 N–H and O–H groups in total. The van der Waals surface area contributed by atoms with Crippen molar-refractivity contribution in [3.8, 4) is 0 Å². The van der Waals surface area contributed by atoms with E-state index in [1.54, 1.807) is 18.2 Å². The van der Waals surface area contributed by atoms with E-state index in [1.807, 2.05) is 20.8 Å². The van der Waals surface area contributed by atoms with Crippen molar-refractivity contribution in [3.05, 3.63) is 28.2 Å². The average molecular weight is 243 g/mol. The molecule has 0 aromatic heterocycles. The fraction of sp³-hybridized carbons (Fsp3) is 0.364. The van der Waals surface area contributed by atoms with E-state index in [2.05, 4.69) is 16.0 Å². The Morgan fingerprint density at radius 3 is 2.13 bits per heavy atom. The summed E-state index contributed by atoms with van der Waals surface area (Å²) in [5.74, 6) is 0. The zero-order chi connectivity index (χ0) is 11.5. The average Bonchev–Trinajstić information content (AvgIpc) is 2.08. The Morgan fingerprint density at radius 1 is 1.13 bits per heavy atom. The summed E-state index contributed by atoms with van der Waals surface area (Å²) in [6, 6.07) is 7.83. The summed E-state index contributed by atoms with van der Waals surface area (Å²) in [7, 11) is 0. The Hall–Kier alpha value is -0.820. The van der Waals surface area contributed by atoms with E-state index in [-0.39, 0.29) is 5.54 Å². The lowest BCUT2D eigenvalue weighted by atomic mass is 10.1. The first-order valence-electron chi connectivity index (χ1n) is 4.52. The number of halogens is 2. The minimum atomic E-state index is -0.197. The van der Waals surface area contributed by atoms with E-state index in [9.17, 15) is 0 Å². The summed E-state index contributed by atoms with van der Waals surface area (Å²) in [5.41, 5.74) is 0.311. The van der Waals surface area contributed by atoms with Crippen molar-refractivity contribution >= 4 is 34.9 Å². The van der Waals surface area contributed by atoms with Gasteiger partial charge in [-0.2, -0.15) is 4.99 Å². The molecule has 0 fully saturated rings. The van der Waals surface area contributed by atoms with Crippen molar-refractivity contribution < 1.29 is 0 Å². The summed E-state index contributed by atoms with van der Waals surface area (Å²) < 4.78 is 0. The number of rotatable bonds is 1. The maximum absolute atomic E-state index is 5.92. The molecule has 0 amide bonds. The topological polar surface area (TPSA) is 24.7 Å². The summed E-state index contributed by atoms with van der Waals surface area (Å²) in [6.45, 7) is 5.89. The van der Waals surface area contributed by atoms with Gasteiger partial charge in [-0.05, 0) is 32.9 Å². The lowest BCUT2D eigenvalue weighted by molar-refractivity contribution is 0.587. The Labute approximate surface area is 99.7 Å². The molecule has 15 heavy (non-hydrogen) atoms. The maximum atomic E-state index is 5.92. The molecule has 0 heterocycles. The lowest BCUT2D eigenvalue weighted by Crippen LogP contribution is -2.07. The summed E-state index contributed by atoms with van der Waals surface area (Å²) >= 11 is 11.8. The van der Waals surface area contributed by atoms with Crippen LogP contribution in [0.15, 0.2) is 28.2 Å². The van der Waals surface area contributed by atoms with Crippen LogP contribution < -0.4 is 0 Å². The number of hydrogen-bond donors (Lipinski definition) is 0. The number of para-hydroxylation sites is 1. The van der Waals surface area contributed by atoms with Crippen LogP contribution in [0.4, 0.5) is 5.69 Å². The molecule has 0 radical (unpaired) electrons. The van der Waals surface area contributed by atoms with Crippen LogP contribution in [0.25, 0.3) is 0 Å². The Bertz CT molecular complexity index is 393. The fourth-order valence-corrected chi connectivity index (χ4v) is 1.30. The zero-order valence-electron chi connectivity index (χ0n) is 8.88. The molecule has 0 saturated heterocycles. The Balaban J connectivity index is 3.05. The van der Waals surface area contributed by atoms with Gasteiger partial charge in [0.25, 0.3) is 0 Å². The fourth-order valence-electron chi connectivity index (χ4n) is 0.821. The van der Waals surface area contributed by atoms with Crippen molar-refractivity contribution in [2.75, 3.05) is 0 Å². The van der Waals surface area contributed by atoms with Gasteiger partial charge in [0.15, 0.2) is 0 Å². The van der Waals surface area contributed by atoms with Gasteiger partial charge < -0.3 is 0 Å². The van der Waals surface area contributed by atoms with Gasteiger partial charge in [0.1, 0.15) is 5.69 Å². The highest BCUT2D eigenvalue weighted by molar-refractivity contribution is 6.38. The summed E-state index contributed by atoms with van der Waals surface area (Å²) in [5, 5.41) is 0.998. The minimum Gasteiger partial charge on any atom is -0.219 e. The molecule has 0 unspecified atom stereocenters. The van der Waals surface area contributed by atoms with E-state index in [0.717, 1.165) is 0 Å². The maximum Gasteiger partial charge on any atom is 0.112 e. The van der Waals surface area contributed by atoms with E-state index in [4.69, 9.17) is 23.2 Å². The first-order chi connectivity index (χ1) is 6.90. The Kier molecular flexibility index (Phi) is 3.92. The molecular weight excluding hydrogens is 231 g/mol. The standard InChI is InChI=1S/C11H12Cl2N2/c1-11(2,3)15-7-14-10-8(12)5-4-6-9(10)13/h4-6H,1-3H3. The molecule has 0 spiro atoms. The molecule has 0 aliphatic rings. The highest BCUT2D eigenvalue weighted by Crippen LogP contribution is 2.31. The molecule has 4 heteroatoms. The molecule has 0 aliphatic carbocycles. The molecular formula is C11H12Cl2N2. The number of benzene rings is 1. The SMILES string of the molecule is CC(C)(C)N=C=Nc1c(Cl)cccc1Cl. The third kappa shape index (κ3) is 4.05. The van der Waals surface area contributed by atoms with Crippen LogP contribution in [0.3, 0.4) is 0 Å². The van der Waals surface area contributed by atoms with Crippen LogP contribution in [0.5, 0.6) is 0 Å². The molecule has 80 valence electrons. The van der Waals surface area contributed by atoms with E-state index < -0.39 is 0 Å². The largest absolute Gasteiger partial charge is 0.219 e.